The van der Waals surface area contributed by atoms with E-state index in [-0.39, 0.29) is 0 Å². The highest BCUT2D eigenvalue weighted by molar-refractivity contribution is 5.32. The zero-order chi connectivity index (χ0) is 14.2. The molecule has 0 aliphatic carbocycles. The molecule has 3 nitrogen and oxygen atoms in total. The van der Waals surface area contributed by atoms with Gasteiger partial charge in [-0.05, 0) is 25.2 Å². The maximum Gasteiger partial charge on any atom is 0.234 e. The SMILES string of the molecule is CCCCCCC(CCCC)COCCCN=C=O. The smallest absolute Gasteiger partial charge is 0.234 e. The zero-order valence-corrected chi connectivity index (χ0v) is 12.8. The molecule has 0 aliphatic heterocycles. The summed E-state index contributed by atoms with van der Waals surface area (Å²) < 4.78 is 5.71. The molecule has 0 spiro atoms. The van der Waals surface area contributed by atoms with Crippen molar-refractivity contribution in [1.82, 2.24) is 0 Å². The molecule has 112 valence electrons. The van der Waals surface area contributed by atoms with Crippen LogP contribution in [0.2, 0.25) is 0 Å². The average molecular weight is 269 g/mol. The number of aliphatic imine (C=N–C) groups is 1. The van der Waals surface area contributed by atoms with E-state index in [9.17, 15) is 4.79 Å². The number of ether oxygens (including phenoxy) is 1. The number of carbonyl (C=O) groups excluding carboxylic acids is 1. The summed E-state index contributed by atoms with van der Waals surface area (Å²) in [6, 6.07) is 0. The molecular weight excluding hydrogens is 238 g/mol. The molecule has 1 unspecified atom stereocenters. The van der Waals surface area contributed by atoms with Crippen molar-refractivity contribution in [2.45, 2.75) is 71.6 Å². The third-order valence-corrected chi connectivity index (χ3v) is 3.41. The van der Waals surface area contributed by atoms with E-state index in [1.807, 2.05) is 0 Å². The van der Waals surface area contributed by atoms with Crippen molar-refractivity contribution in [3.63, 3.8) is 0 Å². The number of rotatable bonds is 14. The predicted molar refractivity (Wildman–Crippen MR) is 80.2 cm³/mol. The summed E-state index contributed by atoms with van der Waals surface area (Å²) in [5, 5.41) is 0. The first kappa shape index (κ1) is 18.3. The van der Waals surface area contributed by atoms with Gasteiger partial charge in [-0.15, -0.1) is 0 Å². The van der Waals surface area contributed by atoms with Gasteiger partial charge in [-0.1, -0.05) is 52.4 Å². The molecule has 3 heteroatoms. The number of hydrogen-bond donors (Lipinski definition) is 0. The summed E-state index contributed by atoms with van der Waals surface area (Å²) >= 11 is 0. The lowest BCUT2D eigenvalue weighted by molar-refractivity contribution is 0.0905. The van der Waals surface area contributed by atoms with E-state index in [2.05, 4.69) is 18.8 Å². The van der Waals surface area contributed by atoms with Crippen LogP contribution in [-0.2, 0) is 9.53 Å². The van der Waals surface area contributed by atoms with Gasteiger partial charge in [0.15, 0.2) is 0 Å². The average Bonchev–Trinajstić information content (AvgIpc) is 2.43. The number of isocyanates is 1. The van der Waals surface area contributed by atoms with Gasteiger partial charge in [0.1, 0.15) is 0 Å². The molecular formula is C16H31NO2. The van der Waals surface area contributed by atoms with Crippen molar-refractivity contribution < 1.29 is 9.53 Å². The summed E-state index contributed by atoms with van der Waals surface area (Å²) in [5.74, 6) is 0.714. The molecule has 0 bridgehead atoms. The van der Waals surface area contributed by atoms with Crippen molar-refractivity contribution >= 4 is 6.08 Å². The molecule has 19 heavy (non-hydrogen) atoms. The first-order valence-corrected chi connectivity index (χ1v) is 7.96. The van der Waals surface area contributed by atoms with Gasteiger partial charge in [0, 0.05) is 13.2 Å². The molecule has 0 N–H and O–H groups in total. The third-order valence-electron chi connectivity index (χ3n) is 3.41. The van der Waals surface area contributed by atoms with Gasteiger partial charge < -0.3 is 4.74 Å². The Kier molecular flexibility index (Phi) is 14.9. The molecule has 0 saturated carbocycles. The summed E-state index contributed by atoms with van der Waals surface area (Å²) in [7, 11) is 0. The van der Waals surface area contributed by atoms with Crippen LogP contribution in [0.3, 0.4) is 0 Å². The van der Waals surface area contributed by atoms with Crippen molar-refractivity contribution in [2.24, 2.45) is 10.9 Å². The quantitative estimate of drug-likeness (QED) is 0.264. The van der Waals surface area contributed by atoms with Gasteiger partial charge >= 0.3 is 0 Å². The van der Waals surface area contributed by atoms with Crippen LogP contribution < -0.4 is 0 Å². The summed E-state index contributed by atoms with van der Waals surface area (Å²) in [4.78, 5) is 13.4. The molecule has 0 aliphatic rings. The maximum atomic E-state index is 9.90. The van der Waals surface area contributed by atoms with Crippen LogP contribution in [0.5, 0.6) is 0 Å². The van der Waals surface area contributed by atoms with Crippen molar-refractivity contribution in [3.05, 3.63) is 0 Å². The molecule has 0 aromatic heterocycles. The van der Waals surface area contributed by atoms with Gasteiger partial charge in [-0.3, -0.25) is 0 Å². The standard InChI is InChI=1S/C16H31NO2/c1-3-5-7-8-11-16(10-6-4-2)14-19-13-9-12-17-15-18/h16H,3-14H2,1-2H3. The maximum absolute atomic E-state index is 9.90. The summed E-state index contributed by atoms with van der Waals surface area (Å²) in [6.07, 6.45) is 12.9. The van der Waals surface area contributed by atoms with Crippen molar-refractivity contribution in [2.75, 3.05) is 19.8 Å². The fourth-order valence-corrected chi connectivity index (χ4v) is 2.20. The van der Waals surface area contributed by atoms with Crippen LogP contribution >= 0.6 is 0 Å². The highest BCUT2D eigenvalue weighted by Crippen LogP contribution is 2.17. The Morgan fingerprint density at radius 3 is 2.42 bits per heavy atom. The monoisotopic (exact) mass is 269 g/mol. The Balaban J connectivity index is 3.63. The second-order valence-corrected chi connectivity index (χ2v) is 5.26. The topological polar surface area (TPSA) is 38.7 Å². The largest absolute Gasteiger partial charge is 0.381 e. The number of hydrogen-bond acceptors (Lipinski definition) is 3. The van der Waals surface area contributed by atoms with Crippen LogP contribution in [0.4, 0.5) is 0 Å². The minimum atomic E-state index is 0.541. The van der Waals surface area contributed by atoms with Crippen molar-refractivity contribution in [3.8, 4) is 0 Å². The Labute approximate surface area is 118 Å². The van der Waals surface area contributed by atoms with E-state index >= 15 is 0 Å². The fraction of sp³-hybridized carbons (Fsp3) is 0.938. The van der Waals surface area contributed by atoms with E-state index in [1.54, 1.807) is 6.08 Å². The van der Waals surface area contributed by atoms with E-state index in [0.29, 0.717) is 19.1 Å². The van der Waals surface area contributed by atoms with E-state index in [1.165, 1.54) is 51.4 Å². The predicted octanol–water partition coefficient (Wildman–Crippen LogP) is 4.51. The Morgan fingerprint density at radius 1 is 1.00 bits per heavy atom. The van der Waals surface area contributed by atoms with Gasteiger partial charge in [-0.25, -0.2) is 9.79 Å². The lowest BCUT2D eigenvalue weighted by Gasteiger charge is -2.16. The third kappa shape index (κ3) is 13.6. The number of unbranched alkanes of at least 4 members (excludes halogenated alkanes) is 4. The van der Waals surface area contributed by atoms with Crippen LogP contribution in [-0.4, -0.2) is 25.8 Å². The first-order chi connectivity index (χ1) is 9.35. The minimum Gasteiger partial charge on any atom is -0.381 e. The van der Waals surface area contributed by atoms with Crippen LogP contribution in [0.1, 0.15) is 71.6 Å². The normalized spacial score (nSPS) is 12.1. The van der Waals surface area contributed by atoms with E-state index in [0.717, 1.165) is 13.0 Å². The molecule has 0 amide bonds. The molecule has 0 aromatic carbocycles. The van der Waals surface area contributed by atoms with E-state index < -0.39 is 0 Å². The first-order valence-electron chi connectivity index (χ1n) is 7.96. The zero-order valence-electron chi connectivity index (χ0n) is 12.8. The molecule has 0 aromatic rings. The highest BCUT2D eigenvalue weighted by Gasteiger charge is 2.08. The summed E-state index contributed by atoms with van der Waals surface area (Å²) in [5.41, 5.74) is 0. The lowest BCUT2D eigenvalue weighted by atomic mass is 9.96. The highest BCUT2D eigenvalue weighted by atomic mass is 16.5. The second-order valence-electron chi connectivity index (χ2n) is 5.26. The van der Waals surface area contributed by atoms with Crippen molar-refractivity contribution in [1.29, 1.82) is 0 Å². The van der Waals surface area contributed by atoms with Gasteiger partial charge in [0.25, 0.3) is 0 Å². The van der Waals surface area contributed by atoms with E-state index in [4.69, 9.17) is 4.74 Å². The van der Waals surface area contributed by atoms with Gasteiger partial charge in [0.2, 0.25) is 6.08 Å². The Hall–Kier alpha value is -0.660. The lowest BCUT2D eigenvalue weighted by Crippen LogP contribution is -2.11. The van der Waals surface area contributed by atoms with Gasteiger partial charge in [0.05, 0.1) is 6.54 Å². The second kappa shape index (κ2) is 15.4. The summed E-state index contributed by atoms with van der Waals surface area (Å²) in [6.45, 7) is 6.62. The Morgan fingerprint density at radius 2 is 1.74 bits per heavy atom. The molecule has 0 fully saturated rings. The number of nitrogens with zero attached hydrogens (tertiary/aromatic N) is 1. The Bertz CT molecular complexity index is 225. The molecule has 0 radical (unpaired) electrons. The van der Waals surface area contributed by atoms with Crippen LogP contribution in [0.25, 0.3) is 0 Å². The fourth-order valence-electron chi connectivity index (χ4n) is 2.20. The minimum absolute atomic E-state index is 0.541. The molecule has 0 heterocycles. The van der Waals surface area contributed by atoms with Gasteiger partial charge in [-0.2, -0.15) is 0 Å². The van der Waals surface area contributed by atoms with Crippen LogP contribution in [0.15, 0.2) is 4.99 Å². The van der Waals surface area contributed by atoms with Crippen LogP contribution in [0, 0.1) is 5.92 Å². The molecule has 1 atom stereocenters. The molecule has 0 rings (SSSR count). The molecule has 0 saturated heterocycles.